The first-order chi connectivity index (χ1) is 8.54. The molecular weight excluding hydrogens is 288 g/mol. The van der Waals surface area contributed by atoms with Crippen LogP contribution in [0, 0.1) is 20.8 Å². The normalized spacial score (nSPS) is 10.5. The molecule has 0 fully saturated rings. The Morgan fingerprint density at radius 1 is 1.00 bits per heavy atom. The molecule has 0 aliphatic carbocycles. The van der Waals surface area contributed by atoms with E-state index in [2.05, 4.69) is 54.9 Å². The Labute approximate surface area is 117 Å². The fourth-order valence-corrected chi connectivity index (χ4v) is 3.05. The molecule has 0 unspecified atom stereocenters. The van der Waals surface area contributed by atoms with Crippen LogP contribution in [0.3, 0.4) is 0 Å². The second-order valence-corrected chi connectivity index (χ2v) is 5.45. The number of rotatable bonds is 2. The predicted molar refractivity (Wildman–Crippen MR) is 80.3 cm³/mol. The summed E-state index contributed by atoms with van der Waals surface area (Å²) in [5, 5.41) is 0. The highest BCUT2D eigenvalue weighted by Crippen LogP contribution is 2.39. The van der Waals surface area contributed by atoms with Crippen LogP contribution in [0.5, 0.6) is 5.75 Å². The molecule has 2 aromatic rings. The van der Waals surface area contributed by atoms with Crippen LogP contribution in [0.2, 0.25) is 0 Å². The van der Waals surface area contributed by atoms with Crippen LogP contribution in [0.4, 0.5) is 0 Å². The average Bonchev–Trinajstić information content (AvgIpc) is 2.27. The van der Waals surface area contributed by atoms with Gasteiger partial charge in [0, 0.05) is 5.56 Å². The molecule has 0 radical (unpaired) electrons. The largest absolute Gasteiger partial charge is 0.495 e. The number of para-hydroxylation sites is 1. The highest BCUT2D eigenvalue weighted by atomic mass is 79.9. The fourth-order valence-electron chi connectivity index (χ4n) is 2.52. The van der Waals surface area contributed by atoms with Gasteiger partial charge in [0.2, 0.25) is 0 Å². The number of halogens is 1. The maximum atomic E-state index is 5.52. The Bertz CT molecular complexity index is 565. The summed E-state index contributed by atoms with van der Waals surface area (Å²) >= 11 is 3.54. The zero-order valence-corrected chi connectivity index (χ0v) is 12.8. The molecule has 18 heavy (non-hydrogen) atoms. The van der Waals surface area contributed by atoms with Gasteiger partial charge >= 0.3 is 0 Å². The van der Waals surface area contributed by atoms with Gasteiger partial charge < -0.3 is 4.74 Å². The molecule has 2 heteroatoms. The molecule has 2 aromatic carbocycles. The quantitative estimate of drug-likeness (QED) is 0.754. The Morgan fingerprint density at radius 2 is 1.61 bits per heavy atom. The molecule has 0 spiro atoms. The van der Waals surface area contributed by atoms with Gasteiger partial charge in [-0.2, -0.15) is 0 Å². The van der Waals surface area contributed by atoms with Crippen molar-refractivity contribution in [2.45, 2.75) is 20.8 Å². The summed E-state index contributed by atoms with van der Waals surface area (Å²) in [5.74, 6) is 0.896. The minimum Gasteiger partial charge on any atom is -0.495 e. The van der Waals surface area contributed by atoms with Gasteiger partial charge in [0.05, 0.1) is 11.6 Å². The lowest BCUT2D eigenvalue weighted by molar-refractivity contribution is 0.414. The number of methoxy groups -OCH3 is 1. The second kappa shape index (κ2) is 5.15. The highest BCUT2D eigenvalue weighted by molar-refractivity contribution is 9.10. The summed E-state index contributed by atoms with van der Waals surface area (Å²) in [4.78, 5) is 0. The van der Waals surface area contributed by atoms with Gasteiger partial charge in [-0.3, -0.25) is 0 Å². The van der Waals surface area contributed by atoms with Crippen molar-refractivity contribution >= 4 is 15.9 Å². The van der Waals surface area contributed by atoms with Crippen LogP contribution in [0.1, 0.15) is 16.7 Å². The van der Waals surface area contributed by atoms with Crippen molar-refractivity contribution in [2.24, 2.45) is 0 Å². The second-order valence-electron chi connectivity index (χ2n) is 4.59. The minimum absolute atomic E-state index is 0.896. The van der Waals surface area contributed by atoms with E-state index in [-0.39, 0.29) is 0 Å². The summed E-state index contributed by atoms with van der Waals surface area (Å²) in [7, 11) is 1.71. The van der Waals surface area contributed by atoms with Gasteiger partial charge in [-0.25, -0.2) is 0 Å². The summed E-state index contributed by atoms with van der Waals surface area (Å²) < 4.78 is 6.51. The highest BCUT2D eigenvalue weighted by Gasteiger charge is 2.13. The molecule has 0 aromatic heterocycles. The first kappa shape index (κ1) is 13.2. The third-order valence-corrected chi connectivity index (χ3v) is 3.74. The van der Waals surface area contributed by atoms with E-state index in [4.69, 9.17) is 4.74 Å². The van der Waals surface area contributed by atoms with E-state index in [0.29, 0.717) is 0 Å². The first-order valence-electron chi connectivity index (χ1n) is 5.95. The van der Waals surface area contributed by atoms with Crippen molar-refractivity contribution in [2.75, 3.05) is 7.11 Å². The van der Waals surface area contributed by atoms with E-state index in [1.807, 2.05) is 12.1 Å². The Kier molecular flexibility index (Phi) is 3.76. The summed E-state index contributed by atoms with van der Waals surface area (Å²) in [5.41, 5.74) is 6.26. The van der Waals surface area contributed by atoms with E-state index in [9.17, 15) is 0 Å². The van der Waals surface area contributed by atoms with Gasteiger partial charge in [-0.05, 0) is 59.5 Å². The molecule has 94 valence electrons. The molecule has 0 heterocycles. The molecule has 2 rings (SSSR count). The van der Waals surface area contributed by atoms with Crippen LogP contribution < -0.4 is 4.74 Å². The van der Waals surface area contributed by atoms with E-state index in [0.717, 1.165) is 15.8 Å². The number of ether oxygens (including phenoxy) is 1. The van der Waals surface area contributed by atoms with Crippen LogP contribution >= 0.6 is 15.9 Å². The lowest BCUT2D eigenvalue weighted by Crippen LogP contribution is -1.94. The lowest BCUT2D eigenvalue weighted by atomic mass is 9.93. The van der Waals surface area contributed by atoms with Crippen LogP contribution in [-0.4, -0.2) is 7.11 Å². The number of aryl methyl sites for hydroxylation is 3. The van der Waals surface area contributed by atoms with Crippen molar-refractivity contribution in [1.29, 1.82) is 0 Å². The molecular formula is C16H17BrO. The van der Waals surface area contributed by atoms with E-state index in [1.165, 1.54) is 22.3 Å². The smallest absolute Gasteiger partial charge is 0.140 e. The number of benzene rings is 2. The monoisotopic (exact) mass is 304 g/mol. The third kappa shape index (κ3) is 2.30. The predicted octanol–water partition coefficient (Wildman–Crippen LogP) is 5.05. The Morgan fingerprint density at radius 3 is 2.17 bits per heavy atom. The van der Waals surface area contributed by atoms with Crippen LogP contribution in [0.25, 0.3) is 11.1 Å². The van der Waals surface area contributed by atoms with Crippen LogP contribution in [-0.2, 0) is 0 Å². The topological polar surface area (TPSA) is 9.23 Å². The van der Waals surface area contributed by atoms with E-state index in [1.54, 1.807) is 7.11 Å². The molecule has 0 N–H and O–H groups in total. The van der Waals surface area contributed by atoms with Crippen molar-refractivity contribution in [3.05, 3.63) is 51.5 Å². The lowest BCUT2D eigenvalue weighted by Gasteiger charge is -2.15. The minimum atomic E-state index is 0.896. The van der Waals surface area contributed by atoms with Gasteiger partial charge in [0.25, 0.3) is 0 Å². The van der Waals surface area contributed by atoms with Crippen molar-refractivity contribution < 1.29 is 4.74 Å². The van der Waals surface area contributed by atoms with Gasteiger partial charge in [-0.1, -0.05) is 29.8 Å². The zero-order chi connectivity index (χ0) is 13.3. The Balaban J connectivity index is 2.73. The van der Waals surface area contributed by atoms with Gasteiger partial charge in [-0.15, -0.1) is 0 Å². The first-order valence-corrected chi connectivity index (χ1v) is 6.74. The summed E-state index contributed by atoms with van der Waals surface area (Å²) in [6.45, 7) is 6.42. The maximum Gasteiger partial charge on any atom is 0.140 e. The molecule has 0 saturated heterocycles. The van der Waals surface area contributed by atoms with Gasteiger partial charge in [0.15, 0.2) is 0 Å². The molecule has 0 amide bonds. The fraction of sp³-hybridized carbons (Fsp3) is 0.250. The maximum absolute atomic E-state index is 5.52. The standard InChI is InChI=1S/C16H17BrO/c1-10-8-11(2)15(12(3)9-10)13-6-5-7-14(17)16(13)18-4/h5-9H,1-4H3. The van der Waals surface area contributed by atoms with Crippen molar-refractivity contribution in [1.82, 2.24) is 0 Å². The summed E-state index contributed by atoms with van der Waals surface area (Å²) in [6, 6.07) is 10.6. The molecule has 0 aliphatic heterocycles. The molecule has 1 nitrogen and oxygen atoms in total. The molecule has 0 aliphatic rings. The van der Waals surface area contributed by atoms with Crippen molar-refractivity contribution in [3.8, 4) is 16.9 Å². The zero-order valence-electron chi connectivity index (χ0n) is 11.2. The van der Waals surface area contributed by atoms with E-state index >= 15 is 0 Å². The SMILES string of the molecule is COc1c(Br)cccc1-c1c(C)cc(C)cc1C. The third-order valence-electron chi connectivity index (χ3n) is 3.12. The van der Waals surface area contributed by atoms with E-state index < -0.39 is 0 Å². The molecule has 0 atom stereocenters. The molecule has 0 bridgehead atoms. The average molecular weight is 305 g/mol. The van der Waals surface area contributed by atoms with Gasteiger partial charge in [0.1, 0.15) is 5.75 Å². The summed E-state index contributed by atoms with van der Waals surface area (Å²) in [6.07, 6.45) is 0. The Hall–Kier alpha value is -1.28. The van der Waals surface area contributed by atoms with Crippen molar-refractivity contribution in [3.63, 3.8) is 0 Å². The van der Waals surface area contributed by atoms with Crippen LogP contribution in [0.15, 0.2) is 34.8 Å². The number of hydrogen-bond acceptors (Lipinski definition) is 1. The molecule has 0 saturated carbocycles. The number of hydrogen-bond donors (Lipinski definition) is 0.